The van der Waals surface area contributed by atoms with Crippen molar-refractivity contribution < 1.29 is 19.1 Å². The van der Waals surface area contributed by atoms with Crippen LogP contribution < -0.4 is 10.6 Å². The van der Waals surface area contributed by atoms with Crippen LogP contribution in [0.4, 0.5) is 0 Å². The summed E-state index contributed by atoms with van der Waals surface area (Å²) in [4.78, 5) is 36.6. The van der Waals surface area contributed by atoms with Crippen LogP contribution in [0, 0.1) is 11.3 Å². The van der Waals surface area contributed by atoms with E-state index in [0.29, 0.717) is 11.1 Å². The van der Waals surface area contributed by atoms with E-state index >= 15 is 0 Å². The third-order valence-electron chi connectivity index (χ3n) is 4.64. The fourth-order valence-electron chi connectivity index (χ4n) is 3.00. The number of esters is 1. The summed E-state index contributed by atoms with van der Waals surface area (Å²) in [6.45, 7) is 1.87. The van der Waals surface area contributed by atoms with E-state index in [1.807, 2.05) is 37.3 Å². The van der Waals surface area contributed by atoms with Crippen LogP contribution in [-0.2, 0) is 25.5 Å². The van der Waals surface area contributed by atoms with Gasteiger partial charge in [-0.15, -0.1) is 0 Å². The summed E-state index contributed by atoms with van der Waals surface area (Å²) in [5, 5.41) is 14.7. The second kappa shape index (κ2) is 11.4. The quantitative estimate of drug-likeness (QED) is 0.621. The second-order valence-electron chi connectivity index (χ2n) is 6.82. The van der Waals surface area contributed by atoms with Gasteiger partial charge >= 0.3 is 5.97 Å². The van der Waals surface area contributed by atoms with Gasteiger partial charge in [0.1, 0.15) is 6.04 Å². The molecule has 0 saturated heterocycles. The Bertz CT molecular complexity index is 922. The first-order valence-electron chi connectivity index (χ1n) is 9.64. The predicted molar refractivity (Wildman–Crippen MR) is 111 cm³/mol. The molecule has 0 saturated carbocycles. The van der Waals surface area contributed by atoms with Crippen LogP contribution in [0.25, 0.3) is 0 Å². The predicted octanol–water partition coefficient (Wildman–Crippen LogP) is 2.42. The molecule has 7 heteroatoms. The van der Waals surface area contributed by atoms with Crippen molar-refractivity contribution >= 4 is 17.8 Å². The minimum absolute atomic E-state index is 0.00825. The van der Waals surface area contributed by atoms with E-state index < -0.39 is 17.9 Å². The average Bonchev–Trinajstić information content (AvgIpc) is 2.77. The second-order valence-corrected chi connectivity index (χ2v) is 6.82. The zero-order valence-electron chi connectivity index (χ0n) is 17.1. The maximum Gasteiger partial charge on any atom is 0.328 e. The van der Waals surface area contributed by atoms with Gasteiger partial charge in [0, 0.05) is 19.3 Å². The SMILES string of the molecule is COC(=O)[C@H](Cc1ccccc1C#N)NC(=O)CCC(=O)N[C@H](C)c1ccccc1. The number of methoxy groups -OCH3 is 1. The molecule has 0 unspecified atom stereocenters. The van der Waals surface area contributed by atoms with E-state index in [0.717, 1.165) is 5.56 Å². The fraction of sp³-hybridized carbons (Fsp3) is 0.304. The summed E-state index contributed by atoms with van der Waals surface area (Å²) in [6.07, 6.45) is 0.0474. The molecule has 0 aliphatic heterocycles. The molecule has 0 aliphatic carbocycles. The summed E-state index contributed by atoms with van der Waals surface area (Å²) in [5.74, 6) is -1.31. The summed E-state index contributed by atoms with van der Waals surface area (Å²) in [7, 11) is 1.23. The van der Waals surface area contributed by atoms with Gasteiger partial charge in [-0.1, -0.05) is 48.5 Å². The van der Waals surface area contributed by atoms with Crippen molar-refractivity contribution in [2.24, 2.45) is 0 Å². The molecule has 2 aromatic rings. The molecular formula is C23H25N3O4. The molecule has 0 heterocycles. The van der Waals surface area contributed by atoms with Gasteiger partial charge in [-0.25, -0.2) is 4.79 Å². The normalized spacial score (nSPS) is 12.2. The first-order chi connectivity index (χ1) is 14.4. The maximum absolute atomic E-state index is 12.3. The zero-order valence-corrected chi connectivity index (χ0v) is 17.1. The van der Waals surface area contributed by atoms with E-state index in [1.165, 1.54) is 7.11 Å². The molecule has 2 aromatic carbocycles. The molecule has 0 aliphatic rings. The Morgan fingerprint density at radius 1 is 0.967 bits per heavy atom. The highest BCUT2D eigenvalue weighted by atomic mass is 16.5. The first kappa shape index (κ1) is 22.6. The largest absolute Gasteiger partial charge is 0.467 e. The lowest BCUT2D eigenvalue weighted by molar-refractivity contribution is -0.145. The summed E-state index contributed by atoms with van der Waals surface area (Å²) >= 11 is 0. The zero-order chi connectivity index (χ0) is 21.9. The Morgan fingerprint density at radius 3 is 2.20 bits per heavy atom. The molecule has 2 atom stereocenters. The molecule has 2 rings (SSSR count). The Morgan fingerprint density at radius 2 is 1.57 bits per heavy atom. The lowest BCUT2D eigenvalue weighted by Crippen LogP contribution is -2.43. The third-order valence-corrected chi connectivity index (χ3v) is 4.64. The van der Waals surface area contributed by atoms with Gasteiger partial charge in [-0.3, -0.25) is 9.59 Å². The highest BCUT2D eigenvalue weighted by Gasteiger charge is 2.23. The van der Waals surface area contributed by atoms with Crippen LogP contribution in [0.1, 0.15) is 42.5 Å². The number of carbonyl (C=O) groups is 3. The smallest absolute Gasteiger partial charge is 0.328 e. The number of hydrogen-bond acceptors (Lipinski definition) is 5. The number of hydrogen-bond donors (Lipinski definition) is 2. The molecule has 0 fully saturated rings. The molecule has 2 amide bonds. The third kappa shape index (κ3) is 6.74. The van der Waals surface area contributed by atoms with Crippen LogP contribution in [0.15, 0.2) is 54.6 Å². The first-order valence-corrected chi connectivity index (χ1v) is 9.64. The van der Waals surface area contributed by atoms with Crippen LogP contribution in [-0.4, -0.2) is 30.9 Å². The van der Waals surface area contributed by atoms with Crippen molar-refractivity contribution in [3.05, 3.63) is 71.3 Å². The average molecular weight is 407 g/mol. The van der Waals surface area contributed by atoms with Gasteiger partial charge in [0.05, 0.1) is 24.8 Å². The number of nitriles is 1. The number of amides is 2. The number of nitrogens with zero attached hydrogens (tertiary/aromatic N) is 1. The number of rotatable bonds is 9. The van der Waals surface area contributed by atoms with E-state index in [2.05, 4.69) is 16.7 Å². The van der Waals surface area contributed by atoms with Crippen molar-refractivity contribution in [1.82, 2.24) is 10.6 Å². The molecule has 7 nitrogen and oxygen atoms in total. The Hall–Kier alpha value is -3.66. The lowest BCUT2D eigenvalue weighted by atomic mass is 10.0. The van der Waals surface area contributed by atoms with E-state index in [9.17, 15) is 19.6 Å². The minimum atomic E-state index is -0.941. The number of ether oxygens (including phenoxy) is 1. The summed E-state index contributed by atoms with van der Waals surface area (Å²) < 4.78 is 4.77. The summed E-state index contributed by atoms with van der Waals surface area (Å²) in [5.41, 5.74) is 2.03. The summed E-state index contributed by atoms with van der Waals surface area (Å²) in [6, 6.07) is 17.3. The van der Waals surface area contributed by atoms with Crippen molar-refractivity contribution in [2.45, 2.75) is 38.3 Å². The maximum atomic E-state index is 12.3. The lowest BCUT2D eigenvalue weighted by Gasteiger charge is -2.18. The Balaban J connectivity index is 1.90. The van der Waals surface area contributed by atoms with Crippen LogP contribution in [0.2, 0.25) is 0 Å². The monoisotopic (exact) mass is 407 g/mol. The Labute approximate surface area is 176 Å². The molecule has 0 aromatic heterocycles. The number of benzene rings is 2. The van der Waals surface area contributed by atoms with Crippen LogP contribution in [0.3, 0.4) is 0 Å². The molecule has 0 bridgehead atoms. The van der Waals surface area contributed by atoms with Gasteiger partial charge in [0.25, 0.3) is 0 Å². The Kier molecular flexibility index (Phi) is 8.57. The van der Waals surface area contributed by atoms with Gasteiger partial charge < -0.3 is 15.4 Å². The van der Waals surface area contributed by atoms with Crippen molar-refractivity contribution in [3.8, 4) is 6.07 Å². The van der Waals surface area contributed by atoms with Gasteiger partial charge in [-0.05, 0) is 24.1 Å². The molecule has 30 heavy (non-hydrogen) atoms. The van der Waals surface area contributed by atoms with Crippen molar-refractivity contribution in [1.29, 1.82) is 5.26 Å². The van der Waals surface area contributed by atoms with Gasteiger partial charge in [-0.2, -0.15) is 5.26 Å². The van der Waals surface area contributed by atoms with E-state index in [-0.39, 0.29) is 31.2 Å². The molecule has 0 radical (unpaired) electrons. The van der Waals surface area contributed by atoms with E-state index in [4.69, 9.17) is 4.74 Å². The topological polar surface area (TPSA) is 108 Å². The number of nitrogens with one attached hydrogen (secondary N) is 2. The molecule has 156 valence electrons. The highest BCUT2D eigenvalue weighted by Crippen LogP contribution is 2.12. The van der Waals surface area contributed by atoms with E-state index in [1.54, 1.807) is 24.3 Å². The van der Waals surface area contributed by atoms with Crippen LogP contribution in [0.5, 0.6) is 0 Å². The standard InChI is InChI=1S/C23H25N3O4/c1-16(17-8-4-3-5-9-17)25-21(27)12-13-22(28)26-20(23(29)30-2)14-18-10-6-7-11-19(18)15-24/h3-11,16,20H,12-14H2,1-2H3,(H,25,27)(H,26,28)/t16-,20+/m1/s1. The van der Waals surface area contributed by atoms with Crippen molar-refractivity contribution in [2.75, 3.05) is 7.11 Å². The fourth-order valence-corrected chi connectivity index (χ4v) is 3.00. The molecular weight excluding hydrogens is 382 g/mol. The minimum Gasteiger partial charge on any atom is -0.467 e. The molecule has 0 spiro atoms. The highest BCUT2D eigenvalue weighted by molar-refractivity contribution is 5.87. The number of carbonyl (C=O) groups excluding carboxylic acids is 3. The van der Waals surface area contributed by atoms with Crippen molar-refractivity contribution in [3.63, 3.8) is 0 Å². The van der Waals surface area contributed by atoms with Gasteiger partial charge in [0.2, 0.25) is 11.8 Å². The van der Waals surface area contributed by atoms with Gasteiger partial charge in [0.15, 0.2) is 0 Å². The van der Waals surface area contributed by atoms with Crippen LogP contribution >= 0.6 is 0 Å². The molecule has 2 N–H and O–H groups in total.